The molecule has 2 N–H and O–H groups in total. The van der Waals surface area contributed by atoms with E-state index in [1.54, 1.807) is 0 Å². The minimum Gasteiger partial charge on any atom is -0.260 e. The molecule has 0 saturated carbocycles. The lowest BCUT2D eigenvalue weighted by Crippen LogP contribution is -2.84. The summed E-state index contributed by atoms with van der Waals surface area (Å²) < 4.78 is 0. The third kappa shape index (κ3) is 1.86. The first-order valence-corrected chi connectivity index (χ1v) is 7.09. The van der Waals surface area contributed by atoms with Gasteiger partial charge >= 0.3 is 0 Å². The van der Waals surface area contributed by atoms with Gasteiger partial charge in [-0.15, -0.1) is 0 Å². The van der Waals surface area contributed by atoms with Crippen molar-refractivity contribution in [3.8, 4) is 0 Å². The van der Waals surface area contributed by atoms with Gasteiger partial charge in [0.05, 0.1) is 0 Å². The number of halogens is 3. The van der Waals surface area contributed by atoms with Gasteiger partial charge in [0.2, 0.25) is 0 Å². The number of rotatable bonds is 3. The number of hydrogen-bond donors (Lipinski definition) is 2. The van der Waals surface area contributed by atoms with Gasteiger partial charge in [0.1, 0.15) is 11.2 Å². The zero-order valence-electron chi connectivity index (χ0n) is 9.51. The second-order valence-electron chi connectivity index (χ2n) is 4.46. The van der Waals surface area contributed by atoms with E-state index in [-0.39, 0.29) is 11.2 Å². The van der Waals surface area contributed by atoms with E-state index in [0.29, 0.717) is 12.0 Å². The molecule has 0 aliphatic carbocycles. The first-order valence-electron chi connectivity index (χ1n) is 5.83. The lowest BCUT2D eigenvalue weighted by atomic mass is 9.79. The normalized spacial score (nSPS) is 48.6. The van der Waals surface area contributed by atoms with Crippen LogP contribution in [0, 0.1) is 5.92 Å². The van der Waals surface area contributed by atoms with Gasteiger partial charge in [-0.3, -0.25) is 10.6 Å². The van der Waals surface area contributed by atoms with Gasteiger partial charge in [-0.25, -0.2) is 4.90 Å². The van der Waals surface area contributed by atoms with Crippen molar-refractivity contribution < 1.29 is 0 Å². The van der Waals surface area contributed by atoms with E-state index in [1.165, 1.54) is 0 Å². The smallest absolute Gasteiger partial charge is 0.157 e. The summed E-state index contributed by atoms with van der Waals surface area (Å²) in [5.74, 6) is 0.402. The van der Waals surface area contributed by atoms with Crippen molar-refractivity contribution in [2.45, 2.75) is 55.5 Å². The molecule has 2 fully saturated rings. The van der Waals surface area contributed by atoms with Crippen LogP contribution in [-0.4, -0.2) is 27.3 Å². The SMILES string of the molecule is CCCC1C(CC)C2(Cl)NC(Cl)NC(Cl)N12. The summed E-state index contributed by atoms with van der Waals surface area (Å²) in [5, 5.41) is 5.63. The minimum atomic E-state index is -0.571. The van der Waals surface area contributed by atoms with Gasteiger partial charge in [0.15, 0.2) is 5.12 Å². The van der Waals surface area contributed by atoms with Crippen LogP contribution in [-0.2, 0) is 0 Å². The molecule has 5 unspecified atom stereocenters. The number of fused-ring (bicyclic) bond motifs is 1. The molecule has 0 bridgehead atoms. The fourth-order valence-electron chi connectivity index (χ4n) is 2.91. The van der Waals surface area contributed by atoms with Crippen LogP contribution in [0.25, 0.3) is 0 Å². The van der Waals surface area contributed by atoms with Crippen LogP contribution in [0.1, 0.15) is 33.1 Å². The van der Waals surface area contributed by atoms with Crippen molar-refractivity contribution >= 4 is 34.8 Å². The average molecular weight is 287 g/mol. The maximum Gasteiger partial charge on any atom is 0.157 e. The summed E-state index contributed by atoms with van der Waals surface area (Å²) in [5.41, 5.74) is -0.659. The molecule has 0 radical (unpaired) electrons. The van der Waals surface area contributed by atoms with Crippen LogP contribution in [0.2, 0.25) is 0 Å². The fraction of sp³-hybridized carbons (Fsp3) is 1.00. The lowest BCUT2D eigenvalue weighted by Gasteiger charge is -2.65. The van der Waals surface area contributed by atoms with Gasteiger partial charge < -0.3 is 0 Å². The van der Waals surface area contributed by atoms with Gasteiger partial charge in [0.25, 0.3) is 0 Å². The molecule has 0 aromatic carbocycles. The third-order valence-electron chi connectivity index (χ3n) is 3.57. The Balaban J connectivity index is 2.16. The molecule has 2 saturated heterocycles. The first kappa shape index (κ1) is 13.2. The van der Waals surface area contributed by atoms with Crippen LogP contribution >= 0.6 is 34.8 Å². The topological polar surface area (TPSA) is 27.3 Å². The van der Waals surface area contributed by atoms with Crippen LogP contribution in [0.4, 0.5) is 0 Å². The molecule has 0 amide bonds. The summed E-state index contributed by atoms with van der Waals surface area (Å²) in [4.78, 5) is 2.09. The van der Waals surface area contributed by atoms with Crippen LogP contribution in [0.15, 0.2) is 0 Å². The standard InChI is InChI=1S/C10H18Cl3N3/c1-3-5-7-6(4-2)10(13)15-8(11)14-9(12)16(7)10/h6-9,14-15H,3-5H2,1-2H3. The highest BCUT2D eigenvalue weighted by Gasteiger charge is 2.62. The molecule has 2 aliphatic rings. The predicted molar refractivity (Wildman–Crippen MR) is 68.5 cm³/mol. The Hall–Kier alpha value is 0.750. The highest BCUT2D eigenvalue weighted by Crippen LogP contribution is 2.50. The Morgan fingerprint density at radius 1 is 1.31 bits per heavy atom. The number of alkyl halides is 3. The van der Waals surface area contributed by atoms with E-state index in [1.807, 2.05) is 0 Å². The monoisotopic (exact) mass is 285 g/mol. The van der Waals surface area contributed by atoms with Crippen molar-refractivity contribution in [3.05, 3.63) is 0 Å². The average Bonchev–Trinajstić information content (AvgIpc) is 2.15. The van der Waals surface area contributed by atoms with Crippen LogP contribution in [0.3, 0.4) is 0 Å². The van der Waals surface area contributed by atoms with Crippen molar-refractivity contribution in [1.29, 1.82) is 0 Å². The summed E-state index contributed by atoms with van der Waals surface area (Å²) in [6.45, 7) is 4.34. The molecular formula is C10H18Cl3N3. The molecule has 6 heteroatoms. The van der Waals surface area contributed by atoms with Crippen molar-refractivity contribution in [1.82, 2.24) is 15.5 Å². The quantitative estimate of drug-likeness (QED) is 0.617. The molecule has 94 valence electrons. The zero-order valence-corrected chi connectivity index (χ0v) is 11.8. The predicted octanol–water partition coefficient (Wildman–Crippen LogP) is 2.63. The van der Waals surface area contributed by atoms with Gasteiger partial charge in [-0.1, -0.05) is 55.1 Å². The molecule has 16 heavy (non-hydrogen) atoms. The molecule has 3 nitrogen and oxygen atoms in total. The molecule has 0 spiro atoms. The number of nitrogens with zero attached hydrogens (tertiary/aromatic N) is 1. The summed E-state index contributed by atoms with van der Waals surface area (Å²) in [7, 11) is 0. The second-order valence-corrected chi connectivity index (χ2v) is 5.89. The first-order chi connectivity index (χ1) is 7.54. The fourth-order valence-corrected chi connectivity index (χ4v) is 4.43. The molecule has 2 rings (SSSR count). The third-order valence-corrected chi connectivity index (χ3v) is 4.73. The Kier molecular flexibility index (Phi) is 3.95. The molecule has 2 aliphatic heterocycles. The van der Waals surface area contributed by atoms with Crippen molar-refractivity contribution in [3.63, 3.8) is 0 Å². The van der Waals surface area contributed by atoms with E-state index in [4.69, 9.17) is 34.8 Å². The van der Waals surface area contributed by atoms with Crippen molar-refractivity contribution in [2.24, 2.45) is 5.92 Å². The second kappa shape index (κ2) is 4.79. The van der Waals surface area contributed by atoms with Crippen molar-refractivity contribution in [2.75, 3.05) is 0 Å². The highest BCUT2D eigenvalue weighted by atomic mass is 35.5. The number of nitrogens with one attached hydrogen (secondary N) is 2. The molecule has 2 heterocycles. The number of hydrogen-bond acceptors (Lipinski definition) is 3. The van der Waals surface area contributed by atoms with Gasteiger partial charge in [-0.05, 0) is 12.8 Å². The van der Waals surface area contributed by atoms with Gasteiger partial charge in [-0.2, -0.15) is 0 Å². The van der Waals surface area contributed by atoms with E-state index in [2.05, 4.69) is 29.4 Å². The Labute approximate surface area is 112 Å². The van der Waals surface area contributed by atoms with E-state index in [9.17, 15) is 0 Å². The largest absolute Gasteiger partial charge is 0.260 e. The Morgan fingerprint density at radius 2 is 2.00 bits per heavy atom. The maximum atomic E-state index is 6.60. The molecule has 0 aromatic heterocycles. The summed E-state index contributed by atoms with van der Waals surface area (Å²) >= 11 is 18.9. The minimum absolute atomic E-state index is 0.291. The molecular weight excluding hydrogens is 268 g/mol. The van der Waals surface area contributed by atoms with E-state index in [0.717, 1.165) is 19.3 Å². The molecule has 0 aromatic rings. The highest BCUT2D eigenvalue weighted by molar-refractivity contribution is 6.28. The maximum absolute atomic E-state index is 6.60. The Bertz CT molecular complexity index is 266. The van der Waals surface area contributed by atoms with Crippen LogP contribution in [0.5, 0.6) is 0 Å². The van der Waals surface area contributed by atoms with E-state index >= 15 is 0 Å². The zero-order chi connectivity index (χ0) is 11.9. The summed E-state index contributed by atoms with van der Waals surface area (Å²) in [6, 6.07) is 0.444. The Morgan fingerprint density at radius 3 is 2.56 bits per heavy atom. The van der Waals surface area contributed by atoms with Crippen LogP contribution < -0.4 is 10.6 Å². The van der Waals surface area contributed by atoms with Gasteiger partial charge in [0, 0.05) is 12.0 Å². The lowest BCUT2D eigenvalue weighted by molar-refractivity contribution is -0.150. The summed E-state index contributed by atoms with van der Waals surface area (Å²) in [6.07, 6.45) is 3.29. The van der Waals surface area contributed by atoms with E-state index < -0.39 is 5.12 Å². The molecule has 5 atom stereocenters.